The maximum Gasteiger partial charge on any atom is 0.269 e. The number of nitrogens with zero attached hydrogens (tertiary/aromatic N) is 4. The molecular weight excluding hydrogens is 490 g/mol. The van der Waals surface area contributed by atoms with Gasteiger partial charge in [-0.1, -0.05) is 15.9 Å². The lowest BCUT2D eigenvalue weighted by Gasteiger charge is -2.33. The molecule has 1 N–H and O–H groups in total. The minimum atomic E-state index is -3.56. The molecule has 0 bridgehead atoms. The van der Waals surface area contributed by atoms with Gasteiger partial charge in [-0.3, -0.25) is 19.8 Å². The molecule has 1 aliphatic heterocycles. The fourth-order valence-corrected chi connectivity index (χ4v) is 4.67. The summed E-state index contributed by atoms with van der Waals surface area (Å²) >= 11 is 3.29. The largest absolute Gasteiger partial charge is 0.292 e. The summed E-state index contributed by atoms with van der Waals surface area (Å²) in [4.78, 5) is 24.3. The molecule has 10 nitrogen and oxygen atoms in total. The number of carbonyl (C=O) groups is 1. The van der Waals surface area contributed by atoms with E-state index in [1.54, 1.807) is 24.3 Å². The lowest BCUT2D eigenvalue weighted by atomic mass is 10.2. The van der Waals surface area contributed by atoms with Gasteiger partial charge in [0.15, 0.2) is 0 Å². The standard InChI is InChI=1S/C19H20BrN5O5S/c20-16-3-7-18(8-4-16)31(29,30)24-11-9-23(10-12-24)14-19(26)22-21-13-15-1-5-17(6-2-15)25(27)28/h1-8,13H,9-12,14H2,(H,22,26)/b21-13+. The van der Waals surface area contributed by atoms with Crippen LogP contribution in [0, 0.1) is 10.1 Å². The predicted octanol–water partition coefficient (Wildman–Crippen LogP) is 1.81. The Balaban J connectivity index is 1.46. The predicted molar refractivity (Wildman–Crippen MR) is 118 cm³/mol. The molecule has 0 saturated carbocycles. The Kier molecular flexibility index (Phi) is 7.49. The van der Waals surface area contributed by atoms with E-state index in [0.29, 0.717) is 18.7 Å². The van der Waals surface area contributed by atoms with E-state index in [0.717, 1.165) is 4.47 Å². The first-order valence-electron chi connectivity index (χ1n) is 9.30. The zero-order valence-corrected chi connectivity index (χ0v) is 18.8. The average molecular weight is 510 g/mol. The van der Waals surface area contributed by atoms with Crippen molar-refractivity contribution in [2.24, 2.45) is 5.10 Å². The molecular formula is C19H20BrN5O5S. The molecule has 0 radical (unpaired) electrons. The van der Waals surface area contributed by atoms with Crippen molar-refractivity contribution in [2.45, 2.75) is 4.90 Å². The Morgan fingerprint density at radius 3 is 2.29 bits per heavy atom. The number of benzene rings is 2. The number of hydrogen-bond acceptors (Lipinski definition) is 7. The number of halogens is 1. The fraction of sp³-hybridized carbons (Fsp3) is 0.263. The van der Waals surface area contributed by atoms with Gasteiger partial charge < -0.3 is 0 Å². The summed E-state index contributed by atoms with van der Waals surface area (Å²) in [7, 11) is -3.56. The van der Waals surface area contributed by atoms with Crippen molar-refractivity contribution in [1.82, 2.24) is 14.6 Å². The molecule has 31 heavy (non-hydrogen) atoms. The third-order valence-electron chi connectivity index (χ3n) is 4.66. The average Bonchev–Trinajstić information content (AvgIpc) is 2.75. The molecule has 0 aromatic heterocycles. The highest BCUT2D eigenvalue weighted by atomic mass is 79.9. The first-order chi connectivity index (χ1) is 14.8. The molecule has 0 atom stereocenters. The Morgan fingerprint density at radius 1 is 1.10 bits per heavy atom. The summed E-state index contributed by atoms with van der Waals surface area (Å²) in [6.45, 7) is 1.52. The van der Waals surface area contributed by atoms with Gasteiger partial charge in [0.2, 0.25) is 10.0 Å². The minimum absolute atomic E-state index is 0.0255. The molecule has 1 saturated heterocycles. The van der Waals surface area contributed by atoms with Gasteiger partial charge in [-0.15, -0.1) is 0 Å². The molecule has 1 heterocycles. The van der Waals surface area contributed by atoms with Gasteiger partial charge in [0, 0.05) is 42.8 Å². The van der Waals surface area contributed by atoms with E-state index < -0.39 is 14.9 Å². The summed E-state index contributed by atoms with van der Waals surface area (Å²) in [5.74, 6) is -0.331. The van der Waals surface area contributed by atoms with E-state index in [-0.39, 0.29) is 36.1 Å². The van der Waals surface area contributed by atoms with Gasteiger partial charge in [-0.05, 0) is 42.0 Å². The molecule has 1 fully saturated rings. The Labute approximate surface area is 187 Å². The van der Waals surface area contributed by atoms with Crippen LogP contribution in [-0.2, 0) is 14.8 Å². The van der Waals surface area contributed by atoms with Crippen molar-refractivity contribution in [1.29, 1.82) is 0 Å². The fourth-order valence-electron chi connectivity index (χ4n) is 2.98. The van der Waals surface area contributed by atoms with Gasteiger partial charge >= 0.3 is 0 Å². The van der Waals surface area contributed by atoms with E-state index >= 15 is 0 Å². The van der Waals surface area contributed by atoms with Crippen LogP contribution in [0.2, 0.25) is 0 Å². The molecule has 12 heteroatoms. The first kappa shape index (κ1) is 23.0. The number of hydrogen-bond donors (Lipinski definition) is 1. The first-order valence-corrected chi connectivity index (χ1v) is 11.5. The second-order valence-corrected chi connectivity index (χ2v) is 9.63. The number of sulfonamides is 1. The van der Waals surface area contributed by atoms with Crippen molar-refractivity contribution in [3.63, 3.8) is 0 Å². The van der Waals surface area contributed by atoms with Gasteiger partial charge in [0.05, 0.1) is 22.6 Å². The minimum Gasteiger partial charge on any atom is -0.292 e. The SMILES string of the molecule is O=C(CN1CCN(S(=O)(=O)c2ccc(Br)cc2)CC1)N/N=C/c1ccc([N+](=O)[O-])cc1. The summed E-state index contributed by atoms with van der Waals surface area (Å²) in [6.07, 6.45) is 1.39. The van der Waals surface area contributed by atoms with Crippen LogP contribution in [0.25, 0.3) is 0 Å². The van der Waals surface area contributed by atoms with E-state index in [2.05, 4.69) is 26.5 Å². The van der Waals surface area contributed by atoms with Crippen molar-refractivity contribution in [3.05, 3.63) is 68.7 Å². The van der Waals surface area contributed by atoms with Gasteiger partial charge in [0.25, 0.3) is 11.6 Å². The van der Waals surface area contributed by atoms with Crippen LogP contribution in [0.15, 0.2) is 63.0 Å². The highest BCUT2D eigenvalue weighted by Crippen LogP contribution is 2.20. The molecule has 2 aromatic rings. The molecule has 2 aromatic carbocycles. The lowest BCUT2D eigenvalue weighted by molar-refractivity contribution is -0.384. The third-order valence-corrected chi connectivity index (χ3v) is 7.10. The molecule has 0 unspecified atom stereocenters. The van der Waals surface area contributed by atoms with Gasteiger partial charge in [-0.25, -0.2) is 13.8 Å². The highest BCUT2D eigenvalue weighted by Gasteiger charge is 2.28. The second-order valence-electron chi connectivity index (χ2n) is 6.78. The second kappa shape index (κ2) is 10.1. The van der Waals surface area contributed by atoms with Crippen LogP contribution in [0.1, 0.15) is 5.56 Å². The maximum absolute atomic E-state index is 12.7. The number of carbonyl (C=O) groups excluding carboxylic acids is 1. The van der Waals surface area contributed by atoms with Gasteiger partial charge in [0.1, 0.15) is 0 Å². The van der Waals surface area contributed by atoms with E-state index in [9.17, 15) is 23.3 Å². The zero-order valence-electron chi connectivity index (χ0n) is 16.3. The lowest BCUT2D eigenvalue weighted by Crippen LogP contribution is -2.50. The number of amides is 1. The number of rotatable bonds is 7. The molecule has 1 amide bonds. The summed E-state index contributed by atoms with van der Waals surface area (Å²) in [5, 5.41) is 14.5. The van der Waals surface area contributed by atoms with E-state index in [1.165, 1.54) is 34.8 Å². The van der Waals surface area contributed by atoms with Crippen molar-refractivity contribution in [2.75, 3.05) is 32.7 Å². The monoisotopic (exact) mass is 509 g/mol. The topological polar surface area (TPSA) is 125 Å². The smallest absolute Gasteiger partial charge is 0.269 e. The van der Waals surface area contributed by atoms with Gasteiger partial charge in [-0.2, -0.15) is 9.41 Å². The van der Waals surface area contributed by atoms with Crippen LogP contribution in [0.5, 0.6) is 0 Å². The maximum atomic E-state index is 12.7. The number of hydrazone groups is 1. The molecule has 0 aliphatic carbocycles. The Morgan fingerprint density at radius 2 is 1.71 bits per heavy atom. The van der Waals surface area contributed by atoms with E-state index in [4.69, 9.17) is 0 Å². The quantitative estimate of drug-likeness (QED) is 0.344. The van der Waals surface area contributed by atoms with Crippen molar-refractivity contribution >= 4 is 43.8 Å². The van der Waals surface area contributed by atoms with Crippen molar-refractivity contribution < 1.29 is 18.1 Å². The molecule has 3 rings (SSSR count). The summed E-state index contributed by atoms with van der Waals surface area (Å²) in [6, 6.07) is 12.2. The van der Waals surface area contributed by atoms with Crippen LogP contribution in [0.4, 0.5) is 5.69 Å². The van der Waals surface area contributed by atoms with Crippen LogP contribution >= 0.6 is 15.9 Å². The Hall–Kier alpha value is -2.67. The number of piperazine rings is 1. The number of nitro benzene ring substituents is 1. The van der Waals surface area contributed by atoms with Crippen LogP contribution in [0.3, 0.4) is 0 Å². The number of non-ortho nitro benzene ring substituents is 1. The normalized spacial score (nSPS) is 15.8. The van der Waals surface area contributed by atoms with E-state index in [1.807, 2.05) is 4.90 Å². The Bertz CT molecular complexity index is 1070. The zero-order chi connectivity index (χ0) is 22.4. The van der Waals surface area contributed by atoms with Crippen molar-refractivity contribution in [3.8, 4) is 0 Å². The molecule has 1 aliphatic rings. The highest BCUT2D eigenvalue weighted by molar-refractivity contribution is 9.10. The number of nitrogens with one attached hydrogen (secondary N) is 1. The summed E-state index contributed by atoms with van der Waals surface area (Å²) in [5.41, 5.74) is 2.99. The third kappa shape index (κ3) is 6.17. The summed E-state index contributed by atoms with van der Waals surface area (Å²) < 4.78 is 27.7. The van der Waals surface area contributed by atoms with Crippen LogP contribution < -0.4 is 5.43 Å². The molecule has 0 spiro atoms. The molecule has 164 valence electrons. The van der Waals surface area contributed by atoms with Crippen LogP contribution in [-0.4, -0.2) is 67.4 Å². The number of nitro groups is 1.